The maximum Gasteiger partial charge on any atom is 0.222 e. The molecule has 6 nitrogen and oxygen atoms in total. The third-order valence-corrected chi connectivity index (χ3v) is 2.65. The van der Waals surface area contributed by atoms with Gasteiger partial charge in [-0.15, -0.1) is 0 Å². The second-order valence-electron chi connectivity index (χ2n) is 5.10. The molecular formula is C14H29FN2O4. The molecule has 0 aliphatic heterocycles. The fourth-order valence-electron chi connectivity index (χ4n) is 1.28. The van der Waals surface area contributed by atoms with Crippen molar-refractivity contribution in [2.24, 2.45) is 11.7 Å². The summed E-state index contributed by atoms with van der Waals surface area (Å²) in [5, 5.41) is 2.51. The number of alkyl halides is 1. The first-order chi connectivity index (χ1) is 9.97. The van der Waals surface area contributed by atoms with Crippen LogP contribution in [0.5, 0.6) is 0 Å². The zero-order valence-electron chi connectivity index (χ0n) is 13.3. The van der Waals surface area contributed by atoms with Crippen LogP contribution in [0.2, 0.25) is 0 Å². The van der Waals surface area contributed by atoms with Crippen molar-refractivity contribution in [2.45, 2.75) is 33.0 Å². The molecule has 0 fully saturated rings. The van der Waals surface area contributed by atoms with Crippen LogP contribution in [0.25, 0.3) is 0 Å². The fraction of sp³-hybridized carbons (Fsp3) is 0.929. The minimum absolute atomic E-state index is 0.0251. The average Bonchev–Trinajstić information content (AvgIpc) is 2.46. The molecule has 1 amide bonds. The van der Waals surface area contributed by atoms with Gasteiger partial charge >= 0.3 is 0 Å². The minimum atomic E-state index is -1.21. The van der Waals surface area contributed by atoms with Crippen molar-refractivity contribution >= 4 is 5.91 Å². The Balaban J connectivity index is 3.32. The Bertz CT molecular complexity index is 267. The number of carbonyl (C=O) groups excluding carboxylic acids is 1. The van der Waals surface area contributed by atoms with Gasteiger partial charge in [0, 0.05) is 12.5 Å². The van der Waals surface area contributed by atoms with Gasteiger partial charge in [-0.1, -0.05) is 13.8 Å². The molecule has 0 saturated heterocycles. The van der Waals surface area contributed by atoms with Gasteiger partial charge in [-0.05, 0) is 6.92 Å². The van der Waals surface area contributed by atoms with E-state index in [9.17, 15) is 9.18 Å². The summed E-state index contributed by atoms with van der Waals surface area (Å²) in [5.74, 6) is -0.302. The highest BCUT2D eigenvalue weighted by Crippen LogP contribution is 1.94. The predicted octanol–water partition coefficient (Wildman–Crippen LogP) is 0.494. The lowest BCUT2D eigenvalue weighted by Gasteiger charge is -2.12. The first-order valence-corrected chi connectivity index (χ1v) is 7.36. The molecule has 0 saturated carbocycles. The largest absolute Gasteiger partial charge is 0.377 e. The average molecular weight is 308 g/mol. The first kappa shape index (κ1) is 20.2. The van der Waals surface area contributed by atoms with E-state index >= 15 is 0 Å². The number of hydrogen-bond acceptors (Lipinski definition) is 5. The van der Waals surface area contributed by atoms with Gasteiger partial charge in [0.25, 0.3) is 0 Å². The molecule has 0 radical (unpaired) electrons. The Kier molecular flexibility index (Phi) is 12.5. The van der Waals surface area contributed by atoms with E-state index in [1.165, 1.54) is 0 Å². The second kappa shape index (κ2) is 12.9. The molecule has 126 valence electrons. The Hall–Kier alpha value is -0.760. The van der Waals surface area contributed by atoms with Crippen LogP contribution in [0, 0.1) is 5.92 Å². The Morgan fingerprint density at radius 1 is 1.14 bits per heavy atom. The quantitative estimate of drug-likeness (QED) is 0.484. The van der Waals surface area contributed by atoms with Gasteiger partial charge in [-0.3, -0.25) is 4.79 Å². The van der Waals surface area contributed by atoms with Crippen molar-refractivity contribution in [3.63, 3.8) is 0 Å². The third-order valence-electron chi connectivity index (χ3n) is 2.65. The summed E-state index contributed by atoms with van der Waals surface area (Å²) in [6.07, 6.45) is -1.18. The molecule has 0 rings (SSSR count). The van der Waals surface area contributed by atoms with Gasteiger partial charge < -0.3 is 25.3 Å². The number of carbonyl (C=O) groups is 1. The van der Waals surface area contributed by atoms with Gasteiger partial charge in [-0.2, -0.15) is 0 Å². The molecule has 0 aromatic heterocycles. The van der Waals surface area contributed by atoms with E-state index in [2.05, 4.69) is 5.32 Å². The SMILES string of the molecule is CC(CN)OCCOCCOCC(F)CNC(=O)C(C)C. The van der Waals surface area contributed by atoms with Crippen LogP contribution in [0.3, 0.4) is 0 Å². The molecule has 0 bridgehead atoms. The van der Waals surface area contributed by atoms with Crippen LogP contribution < -0.4 is 11.1 Å². The number of amides is 1. The van der Waals surface area contributed by atoms with E-state index < -0.39 is 6.17 Å². The number of ether oxygens (including phenoxy) is 3. The van der Waals surface area contributed by atoms with E-state index in [0.29, 0.717) is 33.0 Å². The smallest absolute Gasteiger partial charge is 0.222 e. The first-order valence-electron chi connectivity index (χ1n) is 7.36. The van der Waals surface area contributed by atoms with Gasteiger partial charge in [0.2, 0.25) is 5.91 Å². The van der Waals surface area contributed by atoms with E-state index in [1.54, 1.807) is 13.8 Å². The van der Waals surface area contributed by atoms with E-state index in [0.717, 1.165) is 0 Å². The number of hydrogen-bond donors (Lipinski definition) is 2. The molecule has 0 aliphatic carbocycles. The van der Waals surface area contributed by atoms with Crippen molar-refractivity contribution in [2.75, 3.05) is 46.1 Å². The van der Waals surface area contributed by atoms with Crippen LogP contribution in [-0.4, -0.2) is 64.3 Å². The van der Waals surface area contributed by atoms with Gasteiger partial charge in [-0.25, -0.2) is 4.39 Å². The van der Waals surface area contributed by atoms with Gasteiger partial charge in [0.1, 0.15) is 6.17 Å². The van der Waals surface area contributed by atoms with Crippen LogP contribution in [0.15, 0.2) is 0 Å². The summed E-state index contributed by atoms with van der Waals surface area (Å²) in [6, 6.07) is 0. The Morgan fingerprint density at radius 3 is 2.38 bits per heavy atom. The van der Waals surface area contributed by atoms with E-state index in [4.69, 9.17) is 19.9 Å². The summed E-state index contributed by atoms with van der Waals surface area (Å²) in [6.45, 7) is 7.43. The molecule has 0 aliphatic rings. The number of nitrogens with two attached hydrogens (primary N) is 1. The highest BCUT2D eigenvalue weighted by molar-refractivity contribution is 5.77. The third kappa shape index (κ3) is 12.7. The van der Waals surface area contributed by atoms with Crippen molar-refractivity contribution in [3.05, 3.63) is 0 Å². The highest BCUT2D eigenvalue weighted by atomic mass is 19.1. The summed E-state index contributed by atoms with van der Waals surface area (Å²) < 4.78 is 29.1. The number of rotatable bonds is 13. The van der Waals surface area contributed by atoms with Crippen LogP contribution in [0.1, 0.15) is 20.8 Å². The Labute approximate surface area is 126 Å². The summed E-state index contributed by atoms with van der Waals surface area (Å²) in [4.78, 5) is 11.2. The van der Waals surface area contributed by atoms with Gasteiger partial charge in [0.15, 0.2) is 0 Å². The lowest BCUT2D eigenvalue weighted by atomic mass is 10.2. The monoisotopic (exact) mass is 308 g/mol. The maximum atomic E-state index is 13.4. The predicted molar refractivity (Wildman–Crippen MR) is 78.9 cm³/mol. The lowest BCUT2D eigenvalue weighted by Crippen LogP contribution is -2.35. The van der Waals surface area contributed by atoms with Gasteiger partial charge in [0.05, 0.1) is 45.7 Å². The van der Waals surface area contributed by atoms with E-state index in [1.807, 2.05) is 6.92 Å². The fourth-order valence-corrected chi connectivity index (χ4v) is 1.28. The van der Waals surface area contributed by atoms with Crippen molar-refractivity contribution in [1.82, 2.24) is 5.32 Å². The van der Waals surface area contributed by atoms with Crippen molar-refractivity contribution < 1.29 is 23.4 Å². The van der Waals surface area contributed by atoms with Crippen LogP contribution in [-0.2, 0) is 19.0 Å². The lowest BCUT2D eigenvalue weighted by molar-refractivity contribution is -0.124. The van der Waals surface area contributed by atoms with Crippen LogP contribution in [0.4, 0.5) is 4.39 Å². The molecule has 21 heavy (non-hydrogen) atoms. The number of nitrogens with one attached hydrogen (secondary N) is 1. The molecule has 0 aromatic rings. The molecule has 3 N–H and O–H groups in total. The molecule has 0 aromatic carbocycles. The minimum Gasteiger partial charge on any atom is -0.377 e. The highest BCUT2D eigenvalue weighted by Gasteiger charge is 2.11. The standard InChI is InChI=1S/C14H29FN2O4/c1-11(2)14(18)17-9-13(15)10-20-5-4-19-6-7-21-12(3)8-16/h11-13H,4-10,16H2,1-3H3,(H,17,18). The number of halogens is 1. The molecule has 7 heteroatoms. The summed E-state index contributed by atoms with van der Waals surface area (Å²) in [7, 11) is 0. The molecular weight excluding hydrogens is 279 g/mol. The van der Waals surface area contributed by atoms with E-state index in [-0.39, 0.29) is 31.1 Å². The second-order valence-corrected chi connectivity index (χ2v) is 5.10. The molecule has 0 spiro atoms. The van der Waals surface area contributed by atoms with Crippen molar-refractivity contribution in [3.8, 4) is 0 Å². The summed E-state index contributed by atoms with van der Waals surface area (Å²) in [5.41, 5.74) is 5.39. The molecule has 0 heterocycles. The maximum absolute atomic E-state index is 13.4. The Morgan fingerprint density at radius 2 is 1.76 bits per heavy atom. The molecule has 2 unspecified atom stereocenters. The van der Waals surface area contributed by atoms with Crippen molar-refractivity contribution in [1.29, 1.82) is 0 Å². The summed E-state index contributed by atoms with van der Waals surface area (Å²) >= 11 is 0. The topological polar surface area (TPSA) is 82.8 Å². The normalized spacial score (nSPS) is 14.2. The zero-order chi connectivity index (χ0) is 16.1. The molecule has 2 atom stereocenters. The van der Waals surface area contributed by atoms with Crippen LogP contribution >= 0.6 is 0 Å². The zero-order valence-corrected chi connectivity index (χ0v) is 13.3.